The van der Waals surface area contributed by atoms with Gasteiger partial charge in [-0.1, -0.05) is 24.3 Å². The Bertz CT molecular complexity index is 1270. The molecule has 2 N–H and O–H groups in total. The molecular formula is C22H26N3O10P. The highest BCUT2D eigenvalue weighted by Gasteiger charge is 2.34. The quantitative estimate of drug-likeness (QED) is 0.246. The summed E-state index contributed by atoms with van der Waals surface area (Å²) in [6.07, 6.45) is 2.27. The molecule has 3 rings (SSSR count). The average molecular weight is 523 g/mol. The van der Waals surface area contributed by atoms with Gasteiger partial charge in [0.15, 0.2) is 6.23 Å². The van der Waals surface area contributed by atoms with Crippen LogP contribution < -0.4 is 20.9 Å². The number of ether oxygens (including phenoxy) is 3. The first kappa shape index (κ1) is 27.1. The molecule has 1 unspecified atom stereocenters. The van der Waals surface area contributed by atoms with Gasteiger partial charge in [0.2, 0.25) is 0 Å². The van der Waals surface area contributed by atoms with Gasteiger partial charge in [-0.2, -0.15) is 5.09 Å². The number of benzene rings is 1. The van der Waals surface area contributed by atoms with Crippen LogP contribution in [0.15, 0.2) is 58.3 Å². The molecule has 0 saturated carbocycles. The van der Waals surface area contributed by atoms with Crippen LogP contribution in [0.4, 0.5) is 0 Å². The van der Waals surface area contributed by atoms with Crippen LogP contribution in [-0.4, -0.2) is 54.5 Å². The van der Waals surface area contributed by atoms with Crippen LogP contribution in [0.1, 0.15) is 18.7 Å². The van der Waals surface area contributed by atoms with Crippen molar-refractivity contribution >= 4 is 19.7 Å². The van der Waals surface area contributed by atoms with Crippen molar-refractivity contribution in [3.8, 4) is 5.75 Å². The standard InChI is InChI=1S/C22H26N3O10P/c1-14(21(28)32-3)24-36(30,35-16-7-5-4-6-8-16)33-13-17-9-10-18(34-17)25-12-15(11-19(26)31-2)20(27)23-22(25)29/h4-10,12,14,17-18H,11,13H2,1-3H3,(H,24,30)(H,23,27,29)/t14-,17+,18-,36?/m0/s1. The number of methoxy groups -OCH3 is 2. The third-order valence-electron chi connectivity index (χ3n) is 4.97. The molecule has 13 nitrogen and oxygen atoms in total. The van der Waals surface area contributed by atoms with E-state index in [1.54, 1.807) is 36.4 Å². The predicted octanol–water partition coefficient (Wildman–Crippen LogP) is 1.06. The Morgan fingerprint density at radius 1 is 1.17 bits per heavy atom. The number of carbonyl (C=O) groups excluding carboxylic acids is 2. The van der Waals surface area contributed by atoms with E-state index in [1.165, 1.54) is 33.4 Å². The van der Waals surface area contributed by atoms with E-state index in [0.717, 1.165) is 4.57 Å². The molecule has 194 valence electrons. The highest BCUT2D eigenvalue weighted by atomic mass is 31.2. The minimum Gasteiger partial charge on any atom is -0.469 e. The molecule has 0 saturated heterocycles. The van der Waals surface area contributed by atoms with Gasteiger partial charge >= 0.3 is 25.4 Å². The van der Waals surface area contributed by atoms with Crippen molar-refractivity contribution in [1.82, 2.24) is 14.6 Å². The maximum Gasteiger partial charge on any atom is 0.459 e. The zero-order chi connectivity index (χ0) is 26.3. The molecule has 1 aliphatic heterocycles. The lowest BCUT2D eigenvalue weighted by Crippen LogP contribution is -2.36. The second-order valence-corrected chi connectivity index (χ2v) is 9.29. The average Bonchev–Trinajstić information content (AvgIpc) is 3.33. The van der Waals surface area contributed by atoms with Crippen molar-refractivity contribution in [2.24, 2.45) is 0 Å². The fourth-order valence-electron chi connectivity index (χ4n) is 3.16. The summed E-state index contributed by atoms with van der Waals surface area (Å²) in [5.41, 5.74) is -1.45. The van der Waals surface area contributed by atoms with Gasteiger partial charge in [0, 0.05) is 11.8 Å². The summed E-state index contributed by atoms with van der Waals surface area (Å²) in [5.74, 6) is -1.08. The number of H-pyrrole nitrogens is 1. The Balaban J connectivity index is 1.71. The van der Waals surface area contributed by atoms with Crippen LogP contribution in [0.3, 0.4) is 0 Å². The molecular weight excluding hydrogens is 497 g/mol. The van der Waals surface area contributed by atoms with E-state index < -0.39 is 49.3 Å². The fraction of sp³-hybridized carbons (Fsp3) is 0.364. The molecule has 14 heteroatoms. The summed E-state index contributed by atoms with van der Waals surface area (Å²) in [6.45, 7) is 1.16. The van der Waals surface area contributed by atoms with Crippen LogP contribution in [0.2, 0.25) is 0 Å². The zero-order valence-corrected chi connectivity index (χ0v) is 20.6. The molecule has 0 fully saturated rings. The molecule has 0 radical (unpaired) electrons. The van der Waals surface area contributed by atoms with Crippen LogP contribution in [0.25, 0.3) is 0 Å². The molecule has 4 atom stereocenters. The molecule has 1 aliphatic rings. The van der Waals surface area contributed by atoms with E-state index in [4.69, 9.17) is 13.8 Å². The minimum atomic E-state index is -4.08. The zero-order valence-electron chi connectivity index (χ0n) is 19.7. The smallest absolute Gasteiger partial charge is 0.459 e. The number of hydrogen-bond acceptors (Lipinski definition) is 10. The summed E-state index contributed by atoms with van der Waals surface area (Å²) in [6, 6.07) is 7.22. The molecule has 0 aliphatic carbocycles. The minimum absolute atomic E-state index is 0.0138. The van der Waals surface area contributed by atoms with E-state index in [9.17, 15) is 23.7 Å². The molecule has 2 aromatic rings. The van der Waals surface area contributed by atoms with Crippen molar-refractivity contribution in [3.05, 3.63) is 75.1 Å². The second-order valence-electron chi connectivity index (χ2n) is 7.60. The molecule has 0 spiro atoms. The number of hydrogen-bond donors (Lipinski definition) is 2. The van der Waals surface area contributed by atoms with Gasteiger partial charge in [-0.05, 0) is 25.1 Å². The van der Waals surface area contributed by atoms with Crippen molar-refractivity contribution in [3.63, 3.8) is 0 Å². The van der Waals surface area contributed by atoms with Crippen molar-refractivity contribution in [2.75, 3.05) is 20.8 Å². The number of nitrogens with one attached hydrogen (secondary N) is 2. The van der Waals surface area contributed by atoms with E-state index in [1.807, 2.05) is 0 Å². The van der Waals surface area contributed by atoms with Crippen molar-refractivity contribution < 1.29 is 37.4 Å². The highest BCUT2D eigenvalue weighted by Crippen LogP contribution is 2.45. The SMILES string of the molecule is COC(=O)Cc1cn([C@@H]2C=C[C@H](COP(=O)(N[C@@H](C)C(=O)OC)Oc3ccccc3)O2)c(=O)[nH]c1=O. The maximum atomic E-state index is 13.4. The third kappa shape index (κ3) is 7.01. The Morgan fingerprint density at radius 2 is 1.89 bits per heavy atom. The summed E-state index contributed by atoms with van der Waals surface area (Å²) in [7, 11) is -1.71. The van der Waals surface area contributed by atoms with Crippen LogP contribution in [-0.2, 0) is 39.3 Å². The van der Waals surface area contributed by atoms with Gasteiger partial charge in [0.1, 0.15) is 17.9 Å². The van der Waals surface area contributed by atoms with E-state index in [2.05, 4.69) is 19.5 Å². The Hall–Kier alpha value is -3.51. The lowest BCUT2D eigenvalue weighted by molar-refractivity contribution is -0.142. The van der Waals surface area contributed by atoms with Gasteiger partial charge in [-0.25, -0.2) is 9.36 Å². The molecule has 1 aromatic carbocycles. The second kappa shape index (κ2) is 12.0. The highest BCUT2D eigenvalue weighted by molar-refractivity contribution is 7.52. The van der Waals surface area contributed by atoms with Crippen LogP contribution in [0.5, 0.6) is 5.75 Å². The van der Waals surface area contributed by atoms with Gasteiger partial charge in [0.25, 0.3) is 5.56 Å². The van der Waals surface area contributed by atoms with Gasteiger partial charge in [0.05, 0.1) is 27.2 Å². The first-order valence-corrected chi connectivity index (χ1v) is 12.3. The Labute approximate surface area is 205 Å². The summed E-state index contributed by atoms with van der Waals surface area (Å²) in [5, 5.41) is 2.52. The number of aromatic nitrogens is 2. The van der Waals surface area contributed by atoms with E-state index in [0.29, 0.717) is 0 Å². The fourth-order valence-corrected chi connectivity index (χ4v) is 4.66. The van der Waals surface area contributed by atoms with Gasteiger partial charge < -0.3 is 18.7 Å². The van der Waals surface area contributed by atoms with Crippen molar-refractivity contribution in [2.45, 2.75) is 31.7 Å². The largest absolute Gasteiger partial charge is 0.469 e. The third-order valence-corrected chi connectivity index (χ3v) is 6.61. The first-order chi connectivity index (χ1) is 17.1. The predicted molar refractivity (Wildman–Crippen MR) is 125 cm³/mol. The molecule has 0 bridgehead atoms. The Kier molecular flexibility index (Phi) is 8.99. The van der Waals surface area contributed by atoms with E-state index >= 15 is 0 Å². The lowest BCUT2D eigenvalue weighted by Gasteiger charge is -2.24. The van der Waals surface area contributed by atoms with Gasteiger partial charge in [-0.3, -0.25) is 28.5 Å². The number of aromatic amines is 1. The molecule has 36 heavy (non-hydrogen) atoms. The number of para-hydroxylation sites is 1. The molecule has 2 heterocycles. The first-order valence-electron chi connectivity index (χ1n) is 10.7. The number of esters is 2. The summed E-state index contributed by atoms with van der Waals surface area (Å²) >= 11 is 0. The number of rotatable bonds is 11. The Morgan fingerprint density at radius 3 is 2.56 bits per heavy atom. The summed E-state index contributed by atoms with van der Waals surface area (Å²) in [4.78, 5) is 49.8. The summed E-state index contributed by atoms with van der Waals surface area (Å²) < 4.78 is 40.6. The maximum absolute atomic E-state index is 13.4. The van der Waals surface area contributed by atoms with Crippen molar-refractivity contribution in [1.29, 1.82) is 0 Å². The van der Waals surface area contributed by atoms with Crippen LogP contribution >= 0.6 is 7.75 Å². The molecule has 0 amide bonds. The number of nitrogens with zero attached hydrogens (tertiary/aromatic N) is 1. The lowest BCUT2D eigenvalue weighted by atomic mass is 10.2. The monoisotopic (exact) mass is 523 g/mol. The van der Waals surface area contributed by atoms with Crippen LogP contribution in [0, 0.1) is 0 Å². The van der Waals surface area contributed by atoms with Gasteiger partial charge in [-0.15, -0.1) is 0 Å². The molecule has 1 aromatic heterocycles. The number of carbonyl (C=O) groups is 2. The normalized spacial score (nSPS) is 19.3. The topological polar surface area (TPSA) is 164 Å². The van der Waals surface area contributed by atoms with E-state index in [-0.39, 0.29) is 24.3 Å².